The van der Waals surface area contributed by atoms with Crippen molar-refractivity contribution < 1.29 is 4.74 Å². The predicted molar refractivity (Wildman–Crippen MR) is 74.0 cm³/mol. The van der Waals surface area contributed by atoms with Gasteiger partial charge in [-0.3, -0.25) is 5.84 Å². The molecule has 1 heterocycles. The van der Waals surface area contributed by atoms with Crippen LogP contribution < -0.4 is 17.0 Å². The number of aromatic nitrogens is 1. The Labute approximate surface area is 113 Å². The Morgan fingerprint density at radius 2 is 2.22 bits per heavy atom. The summed E-state index contributed by atoms with van der Waals surface area (Å²) < 4.78 is 5.81. The number of pyridine rings is 1. The Morgan fingerprint density at radius 1 is 1.56 bits per heavy atom. The van der Waals surface area contributed by atoms with Gasteiger partial charge in [0.05, 0.1) is 16.7 Å². The maximum absolute atomic E-state index is 5.96. The number of nitrogen functional groups attached to an aromatic ring is 1. The molecule has 0 aromatic carbocycles. The smallest absolute Gasteiger partial charge is 0.128 e. The number of hydrogen-bond acceptors (Lipinski definition) is 5. The molecule has 6 heteroatoms. The first-order valence-corrected chi connectivity index (χ1v) is 6.37. The Balaban J connectivity index is 3.19. The highest BCUT2D eigenvalue weighted by molar-refractivity contribution is 6.30. The van der Waals surface area contributed by atoms with E-state index in [-0.39, 0.29) is 6.04 Å². The number of anilines is 1. The highest BCUT2D eigenvalue weighted by Crippen LogP contribution is 2.34. The summed E-state index contributed by atoms with van der Waals surface area (Å²) in [5, 5.41) is 0.523. The highest BCUT2D eigenvalue weighted by atomic mass is 35.5. The Kier molecular flexibility index (Phi) is 5.34. The molecule has 0 aliphatic heterocycles. The number of hydrogen-bond donors (Lipinski definition) is 3. The van der Waals surface area contributed by atoms with Crippen molar-refractivity contribution in [1.29, 1.82) is 0 Å². The SMILES string of the molecule is CCOC(C)(CC)C(NN)c1cc(Cl)cnc1N. The molecule has 0 saturated carbocycles. The summed E-state index contributed by atoms with van der Waals surface area (Å²) in [6, 6.07) is 1.50. The lowest BCUT2D eigenvalue weighted by atomic mass is 9.88. The molecule has 0 spiro atoms. The molecule has 0 radical (unpaired) electrons. The lowest BCUT2D eigenvalue weighted by Gasteiger charge is -2.36. The van der Waals surface area contributed by atoms with E-state index in [0.29, 0.717) is 17.4 Å². The summed E-state index contributed by atoms with van der Waals surface area (Å²) in [6.45, 7) is 6.56. The average molecular weight is 273 g/mol. The summed E-state index contributed by atoms with van der Waals surface area (Å²) >= 11 is 5.96. The molecule has 2 atom stereocenters. The quantitative estimate of drug-likeness (QED) is 0.545. The van der Waals surface area contributed by atoms with Gasteiger partial charge in [0.2, 0.25) is 0 Å². The first-order valence-electron chi connectivity index (χ1n) is 5.99. The minimum absolute atomic E-state index is 0.270. The molecule has 1 rings (SSSR count). The van der Waals surface area contributed by atoms with Crippen molar-refractivity contribution in [2.24, 2.45) is 5.84 Å². The number of nitrogens with zero attached hydrogens (tertiary/aromatic N) is 1. The summed E-state index contributed by atoms with van der Waals surface area (Å²) in [5.41, 5.74) is 8.94. The van der Waals surface area contributed by atoms with Crippen LogP contribution in [0.5, 0.6) is 0 Å². The second-order valence-electron chi connectivity index (χ2n) is 4.33. The fourth-order valence-corrected chi connectivity index (χ4v) is 2.18. The predicted octanol–water partition coefficient (Wildman–Crippen LogP) is 2.03. The van der Waals surface area contributed by atoms with E-state index in [9.17, 15) is 0 Å². The van der Waals surface area contributed by atoms with Crippen LogP contribution in [0, 0.1) is 0 Å². The Morgan fingerprint density at radius 3 is 2.72 bits per heavy atom. The van der Waals surface area contributed by atoms with Crippen LogP contribution in [0.1, 0.15) is 38.8 Å². The third-order valence-electron chi connectivity index (χ3n) is 3.18. The third-order valence-corrected chi connectivity index (χ3v) is 3.39. The van der Waals surface area contributed by atoms with E-state index in [1.54, 1.807) is 6.07 Å². The Hall–Kier alpha value is -0.880. The van der Waals surface area contributed by atoms with E-state index in [1.165, 1.54) is 6.20 Å². The standard InChI is InChI=1S/C12H21ClN4O/c1-4-12(3,18-5-2)10(17-15)9-6-8(13)7-16-11(9)14/h6-7,10,17H,4-5,15H2,1-3H3,(H2,14,16). The number of hydrazine groups is 1. The molecule has 0 fully saturated rings. The summed E-state index contributed by atoms with van der Waals surface area (Å²) in [5.74, 6) is 6.06. The van der Waals surface area contributed by atoms with Gasteiger partial charge < -0.3 is 10.5 Å². The summed E-state index contributed by atoms with van der Waals surface area (Å²) in [7, 11) is 0. The second kappa shape index (κ2) is 6.33. The fourth-order valence-electron chi connectivity index (χ4n) is 2.01. The van der Waals surface area contributed by atoms with Crippen molar-refractivity contribution >= 4 is 17.4 Å². The molecule has 18 heavy (non-hydrogen) atoms. The molecule has 1 aromatic rings. The normalized spacial score (nSPS) is 16.3. The molecule has 1 aromatic heterocycles. The zero-order chi connectivity index (χ0) is 13.8. The van der Waals surface area contributed by atoms with Crippen molar-refractivity contribution in [1.82, 2.24) is 10.4 Å². The molecule has 5 N–H and O–H groups in total. The van der Waals surface area contributed by atoms with E-state index >= 15 is 0 Å². The van der Waals surface area contributed by atoms with Gasteiger partial charge in [-0.1, -0.05) is 18.5 Å². The van der Waals surface area contributed by atoms with E-state index in [2.05, 4.69) is 10.4 Å². The van der Waals surface area contributed by atoms with Gasteiger partial charge >= 0.3 is 0 Å². The van der Waals surface area contributed by atoms with Crippen molar-refractivity contribution in [3.63, 3.8) is 0 Å². The summed E-state index contributed by atoms with van der Waals surface area (Å²) in [4.78, 5) is 4.05. The van der Waals surface area contributed by atoms with Crippen LogP contribution in [0.3, 0.4) is 0 Å². The second-order valence-corrected chi connectivity index (χ2v) is 4.76. The molecule has 0 aliphatic carbocycles. The number of ether oxygens (including phenoxy) is 1. The first-order chi connectivity index (χ1) is 8.48. The van der Waals surface area contributed by atoms with Gasteiger partial charge in [0, 0.05) is 18.4 Å². The van der Waals surface area contributed by atoms with Crippen LogP contribution in [0.4, 0.5) is 5.82 Å². The van der Waals surface area contributed by atoms with Gasteiger partial charge in [-0.05, 0) is 26.3 Å². The van der Waals surface area contributed by atoms with Crippen LogP contribution in [-0.2, 0) is 4.74 Å². The maximum atomic E-state index is 5.96. The Bertz CT molecular complexity index is 402. The third kappa shape index (κ3) is 3.11. The number of rotatable bonds is 6. The molecule has 2 unspecified atom stereocenters. The molecular weight excluding hydrogens is 252 g/mol. The maximum Gasteiger partial charge on any atom is 0.128 e. The van der Waals surface area contributed by atoms with Gasteiger partial charge in [0.15, 0.2) is 0 Å². The van der Waals surface area contributed by atoms with Gasteiger partial charge in [0.1, 0.15) is 5.82 Å². The fraction of sp³-hybridized carbons (Fsp3) is 0.583. The number of nitrogens with one attached hydrogen (secondary N) is 1. The molecular formula is C12H21ClN4O. The summed E-state index contributed by atoms with van der Waals surface area (Å²) in [6.07, 6.45) is 2.29. The van der Waals surface area contributed by atoms with Gasteiger partial charge in [0.25, 0.3) is 0 Å². The zero-order valence-electron chi connectivity index (χ0n) is 11.0. The average Bonchev–Trinajstić information content (AvgIpc) is 2.34. The van der Waals surface area contributed by atoms with E-state index in [0.717, 1.165) is 12.0 Å². The van der Waals surface area contributed by atoms with E-state index in [1.807, 2.05) is 20.8 Å². The lowest BCUT2D eigenvalue weighted by Crippen LogP contribution is -2.46. The van der Waals surface area contributed by atoms with Crippen LogP contribution in [0.25, 0.3) is 0 Å². The van der Waals surface area contributed by atoms with Crippen LogP contribution >= 0.6 is 11.6 Å². The van der Waals surface area contributed by atoms with Gasteiger partial charge in [-0.2, -0.15) is 0 Å². The van der Waals surface area contributed by atoms with E-state index < -0.39 is 5.60 Å². The first kappa shape index (κ1) is 15.2. The van der Waals surface area contributed by atoms with Gasteiger partial charge in [-0.15, -0.1) is 0 Å². The molecule has 0 amide bonds. The monoisotopic (exact) mass is 272 g/mol. The van der Waals surface area contributed by atoms with Crippen molar-refractivity contribution in [2.45, 2.75) is 38.8 Å². The number of nitrogens with two attached hydrogens (primary N) is 2. The molecule has 0 bridgehead atoms. The van der Waals surface area contributed by atoms with Gasteiger partial charge in [-0.25, -0.2) is 10.4 Å². The molecule has 0 saturated heterocycles. The van der Waals surface area contributed by atoms with Crippen LogP contribution in [-0.4, -0.2) is 17.2 Å². The number of halogens is 1. The lowest BCUT2D eigenvalue weighted by molar-refractivity contribution is -0.0563. The van der Waals surface area contributed by atoms with Crippen LogP contribution in [0.2, 0.25) is 5.02 Å². The van der Waals surface area contributed by atoms with E-state index in [4.69, 9.17) is 27.9 Å². The highest BCUT2D eigenvalue weighted by Gasteiger charge is 2.35. The molecule has 5 nitrogen and oxygen atoms in total. The van der Waals surface area contributed by atoms with Crippen LogP contribution in [0.15, 0.2) is 12.3 Å². The van der Waals surface area contributed by atoms with Crippen molar-refractivity contribution in [3.05, 3.63) is 22.8 Å². The zero-order valence-corrected chi connectivity index (χ0v) is 11.8. The topological polar surface area (TPSA) is 86.2 Å². The largest absolute Gasteiger partial charge is 0.383 e. The van der Waals surface area contributed by atoms with Crippen molar-refractivity contribution in [2.75, 3.05) is 12.3 Å². The van der Waals surface area contributed by atoms with Crippen molar-refractivity contribution in [3.8, 4) is 0 Å². The minimum Gasteiger partial charge on any atom is -0.383 e. The molecule has 102 valence electrons. The molecule has 0 aliphatic rings. The minimum atomic E-state index is -0.468.